The molecule has 0 bridgehead atoms. The van der Waals surface area contributed by atoms with Gasteiger partial charge in [-0.1, -0.05) is 47.0 Å². The molecule has 1 aliphatic rings. The average molecular weight is 611 g/mol. The first-order valence-electron chi connectivity index (χ1n) is 12.3. The number of nitrogens with one attached hydrogen (secondary N) is 2. The number of amides is 1. The molecule has 39 heavy (non-hydrogen) atoms. The van der Waals surface area contributed by atoms with Crippen molar-refractivity contribution in [1.29, 1.82) is 0 Å². The van der Waals surface area contributed by atoms with Crippen LogP contribution in [0.1, 0.15) is 29.5 Å². The number of sulfonamides is 2. The minimum Gasteiger partial charge on any atom is -0.326 e. The summed E-state index contributed by atoms with van der Waals surface area (Å²) in [5.74, 6) is -0.934. The van der Waals surface area contributed by atoms with E-state index in [1.807, 2.05) is 26.0 Å². The molecule has 0 saturated carbocycles. The van der Waals surface area contributed by atoms with Crippen LogP contribution in [0, 0.1) is 19.8 Å². The van der Waals surface area contributed by atoms with Gasteiger partial charge >= 0.3 is 0 Å². The summed E-state index contributed by atoms with van der Waals surface area (Å²) in [6.45, 7) is 4.16. The molecule has 0 aliphatic carbocycles. The summed E-state index contributed by atoms with van der Waals surface area (Å²) in [7, 11) is -7.47. The van der Waals surface area contributed by atoms with Gasteiger partial charge in [-0.2, -0.15) is 0 Å². The van der Waals surface area contributed by atoms with Gasteiger partial charge in [-0.3, -0.25) is 9.52 Å². The molecule has 8 nitrogen and oxygen atoms in total. The van der Waals surface area contributed by atoms with Crippen LogP contribution in [0.2, 0.25) is 10.0 Å². The van der Waals surface area contributed by atoms with Crippen LogP contribution >= 0.6 is 23.2 Å². The molecule has 1 heterocycles. The number of benzene rings is 3. The molecule has 1 saturated heterocycles. The summed E-state index contributed by atoms with van der Waals surface area (Å²) in [6.07, 6.45) is 0.710. The van der Waals surface area contributed by atoms with E-state index in [9.17, 15) is 21.6 Å². The molecular formula is C27H29Cl2N3O5S2. The van der Waals surface area contributed by atoms with E-state index in [2.05, 4.69) is 10.0 Å². The van der Waals surface area contributed by atoms with Gasteiger partial charge in [-0.05, 0) is 74.7 Å². The van der Waals surface area contributed by atoms with Crippen molar-refractivity contribution >= 4 is 60.5 Å². The molecule has 0 aromatic heterocycles. The lowest BCUT2D eigenvalue weighted by Crippen LogP contribution is -2.42. The molecule has 1 fully saturated rings. The Bertz CT molecular complexity index is 1570. The van der Waals surface area contributed by atoms with E-state index in [4.69, 9.17) is 23.2 Å². The number of nitrogens with zero attached hydrogens (tertiary/aromatic N) is 1. The normalized spacial score (nSPS) is 15.2. The molecule has 0 spiro atoms. The summed E-state index contributed by atoms with van der Waals surface area (Å²) in [5.41, 5.74) is 3.16. The molecule has 0 radical (unpaired) electrons. The topological polar surface area (TPSA) is 113 Å². The van der Waals surface area contributed by atoms with E-state index in [1.165, 1.54) is 28.6 Å². The summed E-state index contributed by atoms with van der Waals surface area (Å²) >= 11 is 12.3. The summed E-state index contributed by atoms with van der Waals surface area (Å²) in [5, 5.41) is 3.39. The number of piperidine rings is 1. The minimum atomic E-state index is -3.80. The van der Waals surface area contributed by atoms with Crippen molar-refractivity contribution in [2.45, 2.75) is 37.3 Å². The monoisotopic (exact) mass is 609 g/mol. The second-order valence-corrected chi connectivity index (χ2v) is 14.0. The van der Waals surface area contributed by atoms with Crippen molar-refractivity contribution in [1.82, 2.24) is 4.31 Å². The summed E-state index contributed by atoms with van der Waals surface area (Å²) in [4.78, 5) is 12.9. The second kappa shape index (κ2) is 11.9. The highest BCUT2D eigenvalue weighted by Crippen LogP contribution is 2.29. The predicted molar refractivity (Wildman–Crippen MR) is 155 cm³/mol. The van der Waals surface area contributed by atoms with E-state index < -0.39 is 20.0 Å². The van der Waals surface area contributed by atoms with Crippen LogP contribution in [-0.2, 0) is 30.6 Å². The predicted octanol–water partition coefficient (Wildman–Crippen LogP) is 5.59. The molecule has 0 unspecified atom stereocenters. The molecule has 4 rings (SSSR count). The number of anilines is 2. The van der Waals surface area contributed by atoms with Gasteiger partial charge in [0.15, 0.2) is 0 Å². The number of rotatable bonds is 8. The first-order valence-corrected chi connectivity index (χ1v) is 16.1. The molecule has 0 atom stereocenters. The van der Waals surface area contributed by atoms with Gasteiger partial charge < -0.3 is 5.32 Å². The second-order valence-electron chi connectivity index (χ2n) is 9.57. The maximum Gasteiger partial charge on any atom is 0.261 e. The zero-order chi connectivity index (χ0) is 28.4. The van der Waals surface area contributed by atoms with Crippen LogP contribution in [0.3, 0.4) is 0 Å². The Morgan fingerprint density at radius 3 is 2.13 bits per heavy atom. The summed E-state index contributed by atoms with van der Waals surface area (Å²) in [6, 6.07) is 16.2. The van der Waals surface area contributed by atoms with Crippen molar-refractivity contribution in [3.8, 4) is 0 Å². The lowest BCUT2D eigenvalue weighted by Gasteiger charge is -2.30. The molecule has 1 amide bonds. The Balaban J connectivity index is 1.33. The summed E-state index contributed by atoms with van der Waals surface area (Å²) < 4.78 is 55.5. The van der Waals surface area contributed by atoms with Crippen LogP contribution in [0.15, 0.2) is 65.6 Å². The minimum absolute atomic E-state index is 0.0672. The molecular weight excluding hydrogens is 581 g/mol. The average Bonchev–Trinajstić information content (AvgIpc) is 2.88. The highest BCUT2D eigenvalue weighted by atomic mass is 35.5. The zero-order valence-corrected chi connectivity index (χ0v) is 24.6. The Hall–Kier alpha value is -2.63. The number of carbonyl (C=O) groups excluding carboxylic acids is 1. The Morgan fingerprint density at radius 1 is 0.923 bits per heavy atom. The van der Waals surface area contributed by atoms with Gasteiger partial charge in [0, 0.05) is 40.3 Å². The largest absolute Gasteiger partial charge is 0.326 e. The number of hydrogen-bond donors (Lipinski definition) is 2. The fourth-order valence-corrected chi connectivity index (χ4v) is 7.88. The first-order chi connectivity index (χ1) is 18.4. The van der Waals surface area contributed by atoms with E-state index >= 15 is 0 Å². The van der Waals surface area contributed by atoms with Crippen LogP contribution in [0.4, 0.5) is 11.4 Å². The number of halogens is 2. The smallest absolute Gasteiger partial charge is 0.261 e. The highest BCUT2D eigenvalue weighted by molar-refractivity contribution is 7.92. The quantitative estimate of drug-likeness (QED) is 0.345. The third-order valence-corrected chi connectivity index (χ3v) is 10.6. The fraction of sp³-hybridized carbons (Fsp3) is 0.296. The maximum absolute atomic E-state index is 12.9. The maximum atomic E-state index is 12.9. The van der Waals surface area contributed by atoms with Crippen molar-refractivity contribution in [2.75, 3.05) is 23.1 Å². The Kier molecular flexibility index (Phi) is 8.92. The van der Waals surface area contributed by atoms with E-state index in [0.717, 1.165) is 11.1 Å². The van der Waals surface area contributed by atoms with Gasteiger partial charge in [0.1, 0.15) is 0 Å². The van der Waals surface area contributed by atoms with Crippen LogP contribution in [0.25, 0.3) is 0 Å². The van der Waals surface area contributed by atoms with E-state index in [1.54, 1.807) is 24.3 Å². The van der Waals surface area contributed by atoms with Crippen LogP contribution in [-0.4, -0.2) is 40.1 Å². The molecule has 3 aromatic carbocycles. The third kappa shape index (κ3) is 7.12. The third-order valence-electron chi connectivity index (χ3n) is 6.66. The molecule has 3 aromatic rings. The molecule has 12 heteroatoms. The van der Waals surface area contributed by atoms with Gasteiger partial charge in [0.25, 0.3) is 10.0 Å². The molecule has 208 valence electrons. The lowest BCUT2D eigenvalue weighted by molar-refractivity contribution is -0.120. The number of carbonyl (C=O) groups is 1. The Morgan fingerprint density at radius 2 is 1.54 bits per heavy atom. The zero-order valence-electron chi connectivity index (χ0n) is 21.4. The van der Waals surface area contributed by atoms with Crippen molar-refractivity contribution in [2.24, 2.45) is 5.92 Å². The van der Waals surface area contributed by atoms with Gasteiger partial charge in [0.05, 0.1) is 16.3 Å². The van der Waals surface area contributed by atoms with Crippen LogP contribution < -0.4 is 10.0 Å². The molecule has 1 aliphatic heterocycles. The van der Waals surface area contributed by atoms with Crippen LogP contribution in [0.5, 0.6) is 0 Å². The van der Waals surface area contributed by atoms with E-state index in [-0.39, 0.29) is 35.6 Å². The molecule has 2 N–H and O–H groups in total. The number of hydrogen-bond acceptors (Lipinski definition) is 5. The van der Waals surface area contributed by atoms with Gasteiger partial charge in [0.2, 0.25) is 15.9 Å². The van der Waals surface area contributed by atoms with Gasteiger partial charge in [-0.25, -0.2) is 21.1 Å². The SMILES string of the molecule is Cc1ccc(NS(=O)(=O)c2ccc(NC(=O)C3CCN(S(=O)(=O)Cc4c(Cl)cccc4Cl)CC3)cc2)c(C)c1. The number of aryl methyl sites for hydroxylation is 2. The van der Waals surface area contributed by atoms with Gasteiger partial charge in [-0.15, -0.1) is 0 Å². The lowest BCUT2D eigenvalue weighted by atomic mass is 9.97. The van der Waals surface area contributed by atoms with Crippen molar-refractivity contribution in [3.63, 3.8) is 0 Å². The van der Waals surface area contributed by atoms with Crippen molar-refractivity contribution in [3.05, 3.63) is 87.4 Å². The van der Waals surface area contributed by atoms with E-state index in [0.29, 0.717) is 39.8 Å². The standard InChI is InChI=1S/C27H29Cl2N3O5S2/c1-18-6-11-26(19(2)16-18)31-39(36,37)22-9-7-21(8-10-22)30-27(33)20-12-14-32(15-13-20)38(34,35)17-23-24(28)4-3-5-25(23)29/h3-11,16,20,31H,12-15,17H2,1-2H3,(H,30,33). The Labute approximate surface area is 239 Å². The van der Waals surface area contributed by atoms with Crippen molar-refractivity contribution < 1.29 is 21.6 Å². The highest BCUT2D eigenvalue weighted by Gasteiger charge is 2.32. The fourth-order valence-electron chi connectivity index (χ4n) is 4.43. The first kappa shape index (κ1) is 29.4.